The quantitative estimate of drug-likeness (QED) is 0.356. The normalized spacial score (nSPS) is 12.8. The van der Waals surface area contributed by atoms with Gasteiger partial charge in [0.25, 0.3) is 10.2 Å². The first-order valence-electron chi connectivity index (χ1n) is 6.15. The van der Waals surface area contributed by atoms with Gasteiger partial charge in [-0.25, -0.2) is 4.79 Å². The Hall–Kier alpha value is -1.94. The van der Waals surface area contributed by atoms with Gasteiger partial charge in [0.05, 0.1) is 6.54 Å². The maximum atomic E-state index is 11.9. The predicted octanol–water partition coefficient (Wildman–Crippen LogP) is -1.03. The van der Waals surface area contributed by atoms with Crippen molar-refractivity contribution < 1.29 is 18.3 Å². The van der Waals surface area contributed by atoms with E-state index in [1.54, 1.807) is 12.3 Å². The van der Waals surface area contributed by atoms with E-state index in [9.17, 15) is 18.0 Å². The fourth-order valence-electron chi connectivity index (χ4n) is 1.51. The molecule has 2 N–H and O–H groups in total. The lowest BCUT2D eigenvalue weighted by atomic mass is 10.3. The highest BCUT2D eigenvalue weighted by Gasteiger charge is 2.26. The number of thiocyanates is 1. The standard InChI is InChI=1S/C11H15N5O5S2/c1-7-4-16(11(19)13-9(7)22-6-12)5-8(10(17)18)14-23(20,21)15(2)3/h4,8,14H,5H2,1-3H3,(H,17,18)/t8-/m0/s1. The molecule has 1 aromatic rings. The molecule has 12 heteroatoms. The summed E-state index contributed by atoms with van der Waals surface area (Å²) in [6.45, 7) is 1.16. The molecule has 0 fully saturated rings. The van der Waals surface area contributed by atoms with Gasteiger partial charge >= 0.3 is 11.7 Å². The first-order chi connectivity index (χ1) is 10.6. The lowest BCUT2D eigenvalue weighted by Gasteiger charge is -2.19. The number of thioether (sulfide) groups is 1. The van der Waals surface area contributed by atoms with E-state index in [1.807, 2.05) is 4.72 Å². The molecule has 0 radical (unpaired) electrons. The van der Waals surface area contributed by atoms with Crippen molar-refractivity contribution >= 4 is 27.9 Å². The zero-order chi connectivity index (χ0) is 17.8. The number of hydrogen-bond acceptors (Lipinski definition) is 7. The van der Waals surface area contributed by atoms with Gasteiger partial charge in [-0.2, -0.15) is 27.7 Å². The smallest absolute Gasteiger partial charge is 0.348 e. The summed E-state index contributed by atoms with van der Waals surface area (Å²) >= 11 is 0.710. The zero-order valence-corrected chi connectivity index (χ0v) is 14.2. The Kier molecular flexibility index (Phi) is 6.28. The second-order valence-corrected chi connectivity index (χ2v) is 7.34. The van der Waals surface area contributed by atoms with Gasteiger partial charge in [0.1, 0.15) is 16.5 Å². The van der Waals surface area contributed by atoms with Crippen LogP contribution >= 0.6 is 11.8 Å². The van der Waals surface area contributed by atoms with Gasteiger partial charge in [-0.1, -0.05) is 0 Å². The number of carboxylic acids is 1. The summed E-state index contributed by atoms with van der Waals surface area (Å²) in [5.41, 5.74) is -0.278. The highest BCUT2D eigenvalue weighted by Crippen LogP contribution is 2.15. The van der Waals surface area contributed by atoms with Crippen molar-refractivity contribution in [2.24, 2.45) is 0 Å². The minimum atomic E-state index is -3.98. The molecule has 0 aromatic carbocycles. The molecule has 1 atom stereocenters. The number of hydrogen-bond donors (Lipinski definition) is 2. The second kappa shape index (κ2) is 7.55. The van der Waals surface area contributed by atoms with Gasteiger partial charge < -0.3 is 5.11 Å². The molecule has 0 amide bonds. The molecule has 1 aromatic heterocycles. The Morgan fingerprint density at radius 3 is 2.70 bits per heavy atom. The first kappa shape index (κ1) is 19.1. The summed E-state index contributed by atoms with van der Waals surface area (Å²) in [7, 11) is -1.50. The monoisotopic (exact) mass is 361 g/mol. The fraction of sp³-hybridized carbons (Fsp3) is 0.455. The number of aryl methyl sites for hydroxylation is 1. The molecule has 126 valence electrons. The van der Waals surface area contributed by atoms with Crippen LogP contribution in [0.3, 0.4) is 0 Å². The zero-order valence-electron chi connectivity index (χ0n) is 12.5. The van der Waals surface area contributed by atoms with Crippen LogP contribution in [0.5, 0.6) is 0 Å². The highest BCUT2D eigenvalue weighted by atomic mass is 32.2. The molecule has 0 saturated heterocycles. The van der Waals surface area contributed by atoms with Crippen molar-refractivity contribution in [3.05, 3.63) is 22.2 Å². The molecule has 0 bridgehead atoms. The minimum Gasteiger partial charge on any atom is -0.480 e. The highest BCUT2D eigenvalue weighted by molar-refractivity contribution is 8.03. The second-order valence-electron chi connectivity index (χ2n) is 4.65. The Morgan fingerprint density at radius 1 is 1.61 bits per heavy atom. The number of nitrogens with one attached hydrogen (secondary N) is 1. The van der Waals surface area contributed by atoms with Gasteiger partial charge in [0.2, 0.25) is 0 Å². The van der Waals surface area contributed by atoms with Crippen LogP contribution in [0.25, 0.3) is 0 Å². The van der Waals surface area contributed by atoms with Crippen molar-refractivity contribution in [2.45, 2.75) is 24.5 Å². The van der Waals surface area contributed by atoms with E-state index in [-0.39, 0.29) is 5.03 Å². The van der Waals surface area contributed by atoms with Gasteiger partial charge in [-0.05, 0) is 12.5 Å². The van der Waals surface area contributed by atoms with Gasteiger partial charge in [0.15, 0.2) is 0 Å². The Morgan fingerprint density at radius 2 is 2.22 bits per heavy atom. The van der Waals surface area contributed by atoms with E-state index in [2.05, 4.69) is 4.98 Å². The van der Waals surface area contributed by atoms with Crippen LogP contribution < -0.4 is 10.4 Å². The fourth-order valence-corrected chi connectivity index (χ4v) is 2.68. The first-order valence-corrected chi connectivity index (χ1v) is 8.40. The Balaban J connectivity index is 3.12. The van der Waals surface area contributed by atoms with E-state index < -0.39 is 34.5 Å². The van der Waals surface area contributed by atoms with Gasteiger partial charge in [-0.15, -0.1) is 0 Å². The summed E-state index contributed by atoms with van der Waals surface area (Å²) < 4.78 is 27.3. The lowest BCUT2D eigenvalue weighted by molar-refractivity contribution is -0.139. The molecular weight excluding hydrogens is 346 g/mol. The summed E-state index contributed by atoms with van der Waals surface area (Å²) in [6, 6.07) is -1.55. The Bertz CT molecular complexity index is 796. The van der Waals surface area contributed by atoms with Crippen molar-refractivity contribution in [3.8, 4) is 5.40 Å². The topological polar surface area (TPSA) is 145 Å². The van der Waals surface area contributed by atoms with E-state index in [0.717, 1.165) is 8.87 Å². The van der Waals surface area contributed by atoms with Crippen LogP contribution in [0.4, 0.5) is 0 Å². The van der Waals surface area contributed by atoms with Crippen LogP contribution in [0.15, 0.2) is 16.0 Å². The molecule has 0 saturated carbocycles. The summed E-state index contributed by atoms with van der Waals surface area (Å²) in [4.78, 5) is 26.8. The molecule has 1 rings (SSSR count). The van der Waals surface area contributed by atoms with Crippen LogP contribution in [0.1, 0.15) is 5.56 Å². The summed E-state index contributed by atoms with van der Waals surface area (Å²) in [6.07, 6.45) is 1.33. The molecule has 0 spiro atoms. The molecule has 0 aliphatic heterocycles. The molecule has 0 aliphatic rings. The number of aliphatic carboxylic acids is 1. The number of carboxylic acid groups (broad SMARTS) is 1. The average molecular weight is 361 g/mol. The molecule has 23 heavy (non-hydrogen) atoms. The van der Waals surface area contributed by atoms with E-state index >= 15 is 0 Å². The maximum Gasteiger partial charge on any atom is 0.348 e. The number of aromatic nitrogens is 2. The molecular formula is C11H15N5O5S2. The third-order valence-electron chi connectivity index (χ3n) is 2.72. The maximum absolute atomic E-state index is 11.9. The minimum absolute atomic E-state index is 0.217. The predicted molar refractivity (Wildman–Crippen MR) is 81.9 cm³/mol. The van der Waals surface area contributed by atoms with E-state index in [0.29, 0.717) is 17.3 Å². The largest absolute Gasteiger partial charge is 0.480 e. The van der Waals surface area contributed by atoms with Crippen LogP contribution in [-0.2, 0) is 21.5 Å². The lowest BCUT2D eigenvalue weighted by Crippen LogP contribution is -2.49. The molecule has 0 aliphatic carbocycles. The number of nitrogens with zero attached hydrogens (tertiary/aromatic N) is 4. The van der Waals surface area contributed by atoms with Crippen molar-refractivity contribution in [1.82, 2.24) is 18.6 Å². The van der Waals surface area contributed by atoms with Crippen LogP contribution in [0, 0.1) is 17.6 Å². The van der Waals surface area contributed by atoms with Crippen LogP contribution in [-0.4, -0.2) is 53.5 Å². The Labute approximate surface area is 136 Å². The number of nitriles is 1. The van der Waals surface area contributed by atoms with Crippen LogP contribution in [0.2, 0.25) is 0 Å². The molecule has 1 heterocycles. The average Bonchev–Trinajstić information content (AvgIpc) is 2.43. The van der Waals surface area contributed by atoms with Gasteiger partial charge in [0, 0.05) is 32.1 Å². The molecule has 0 unspecified atom stereocenters. The summed E-state index contributed by atoms with van der Waals surface area (Å²) in [5, 5.41) is 19.8. The van der Waals surface area contributed by atoms with Crippen molar-refractivity contribution in [1.29, 1.82) is 5.26 Å². The van der Waals surface area contributed by atoms with E-state index in [4.69, 9.17) is 10.4 Å². The van der Waals surface area contributed by atoms with Crippen molar-refractivity contribution in [3.63, 3.8) is 0 Å². The summed E-state index contributed by atoms with van der Waals surface area (Å²) in [5.74, 6) is -1.43. The van der Waals surface area contributed by atoms with Crippen molar-refractivity contribution in [2.75, 3.05) is 14.1 Å². The third kappa shape index (κ3) is 5.03. The number of rotatable bonds is 7. The SMILES string of the molecule is Cc1cn(C[C@H](NS(=O)(=O)N(C)C)C(=O)O)c(=O)nc1SC#N. The van der Waals surface area contributed by atoms with E-state index in [1.165, 1.54) is 20.3 Å². The third-order valence-corrected chi connectivity index (χ3v) is 4.96. The number of carbonyl (C=O) groups is 1. The van der Waals surface area contributed by atoms with Gasteiger partial charge in [-0.3, -0.25) is 9.36 Å². The molecule has 10 nitrogen and oxygen atoms in total.